The number of aryl methyl sites for hydroxylation is 1. The molecule has 1 aliphatic heterocycles. The molecule has 0 radical (unpaired) electrons. The summed E-state index contributed by atoms with van der Waals surface area (Å²) in [5.41, 5.74) is 1.61. The molecule has 2 amide bonds. The monoisotopic (exact) mass is 331 g/mol. The fraction of sp³-hybridized carbons (Fsp3) is 0.312. The molecule has 2 aromatic rings. The molecule has 0 aliphatic carbocycles. The minimum Gasteiger partial charge on any atom is -0.497 e. The van der Waals surface area contributed by atoms with E-state index in [-0.39, 0.29) is 24.2 Å². The average molecular weight is 331 g/mol. The quantitative estimate of drug-likeness (QED) is 0.934. The summed E-state index contributed by atoms with van der Waals surface area (Å²) in [4.78, 5) is 30.4. The Morgan fingerprint density at radius 1 is 1.48 bits per heavy atom. The molecule has 1 aromatic heterocycles. The van der Waals surface area contributed by atoms with Gasteiger partial charge in [-0.15, -0.1) is 11.3 Å². The maximum Gasteiger partial charge on any atom is 0.231 e. The number of hydrogen-bond donors (Lipinski definition) is 1. The minimum absolute atomic E-state index is 0.0614. The molecule has 1 atom stereocenters. The van der Waals surface area contributed by atoms with E-state index in [0.717, 1.165) is 11.4 Å². The number of amides is 2. The number of carbonyl (C=O) groups is 2. The second-order valence-electron chi connectivity index (χ2n) is 5.39. The van der Waals surface area contributed by atoms with Crippen molar-refractivity contribution in [3.8, 4) is 5.75 Å². The van der Waals surface area contributed by atoms with Crippen molar-refractivity contribution in [1.29, 1.82) is 0 Å². The summed E-state index contributed by atoms with van der Waals surface area (Å²) in [6.07, 6.45) is 0.202. The summed E-state index contributed by atoms with van der Waals surface area (Å²) >= 11 is 1.38. The lowest BCUT2D eigenvalue weighted by Crippen LogP contribution is -2.28. The predicted octanol–water partition coefficient (Wildman–Crippen LogP) is 2.45. The van der Waals surface area contributed by atoms with Crippen LogP contribution in [0.5, 0.6) is 5.75 Å². The van der Waals surface area contributed by atoms with Crippen molar-refractivity contribution in [2.45, 2.75) is 13.3 Å². The standard InChI is InChI=1S/C16H17N3O3S/c1-10-9-23-16(17-10)18-15(21)11-6-14(20)19(8-11)12-4-3-5-13(7-12)22-2/h3-5,7,9,11H,6,8H2,1-2H3,(H,17,18,21)/t11-/m1/s1. The van der Waals surface area contributed by atoms with Gasteiger partial charge in [0.15, 0.2) is 5.13 Å². The number of nitrogens with zero attached hydrogens (tertiary/aromatic N) is 2. The van der Waals surface area contributed by atoms with Crippen molar-refractivity contribution in [1.82, 2.24) is 4.98 Å². The Morgan fingerprint density at radius 3 is 3.00 bits per heavy atom. The Kier molecular flexibility index (Phi) is 4.29. The molecule has 1 fully saturated rings. The summed E-state index contributed by atoms with van der Waals surface area (Å²) in [6.45, 7) is 2.23. The highest BCUT2D eigenvalue weighted by atomic mass is 32.1. The third kappa shape index (κ3) is 3.34. The van der Waals surface area contributed by atoms with E-state index in [4.69, 9.17) is 4.74 Å². The van der Waals surface area contributed by atoms with Gasteiger partial charge in [0.2, 0.25) is 11.8 Å². The molecule has 23 heavy (non-hydrogen) atoms. The number of aromatic nitrogens is 1. The molecule has 120 valence electrons. The number of nitrogens with one attached hydrogen (secondary N) is 1. The molecule has 6 nitrogen and oxygen atoms in total. The largest absolute Gasteiger partial charge is 0.497 e. The Hall–Kier alpha value is -2.41. The lowest BCUT2D eigenvalue weighted by molar-refractivity contribution is -0.122. The second kappa shape index (κ2) is 6.37. The Labute approximate surface area is 138 Å². The van der Waals surface area contributed by atoms with Crippen LogP contribution >= 0.6 is 11.3 Å². The lowest BCUT2D eigenvalue weighted by atomic mass is 10.1. The Bertz CT molecular complexity index is 744. The second-order valence-corrected chi connectivity index (χ2v) is 6.25. The van der Waals surface area contributed by atoms with Gasteiger partial charge in [0.05, 0.1) is 18.7 Å². The van der Waals surface area contributed by atoms with Gasteiger partial charge < -0.3 is 15.0 Å². The Morgan fingerprint density at radius 2 is 2.30 bits per heavy atom. The van der Waals surface area contributed by atoms with E-state index >= 15 is 0 Å². The number of carbonyl (C=O) groups excluding carboxylic acids is 2. The van der Waals surface area contributed by atoms with E-state index in [9.17, 15) is 9.59 Å². The summed E-state index contributed by atoms with van der Waals surface area (Å²) in [6, 6.07) is 7.28. The zero-order valence-corrected chi connectivity index (χ0v) is 13.7. The molecular weight excluding hydrogens is 314 g/mol. The van der Waals surface area contributed by atoms with Crippen molar-refractivity contribution >= 4 is 34.0 Å². The van der Waals surface area contributed by atoms with E-state index in [1.54, 1.807) is 18.1 Å². The van der Waals surface area contributed by atoms with Crippen LogP contribution in [0.1, 0.15) is 12.1 Å². The first kappa shape index (κ1) is 15.5. The molecule has 0 spiro atoms. The van der Waals surface area contributed by atoms with E-state index < -0.39 is 0 Å². The molecule has 7 heteroatoms. The van der Waals surface area contributed by atoms with Gasteiger partial charge in [0.25, 0.3) is 0 Å². The Balaban J connectivity index is 1.70. The summed E-state index contributed by atoms with van der Waals surface area (Å²) < 4.78 is 5.18. The van der Waals surface area contributed by atoms with Gasteiger partial charge in [-0.25, -0.2) is 4.98 Å². The highest BCUT2D eigenvalue weighted by molar-refractivity contribution is 7.13. The molecule has 3 rings (SSSR count). The first-order valence-electron chi connectivity index (χ1n) is 7.24. The zero-order chi connectivity index (χ0) is 16.4. The number of methoxy groups -OCH3 is 1. The summed E-state index contributed by atoms with van der Waals surface area (Å²) in [5.74, 6) is 0.0752. The van der Waals surface area contributed by atoms with Gasteiger partial charge in [-0.3, -0.25) is 9.59 Å². The van der Waals surface area contributed by atoms with Crippen molar-refractivity contribution < 1.29 is 14.3 Å². The first-order chi connectivity index (χ1) is 11.1. The fourth-order valence-corrected chi connectivity index (χ4v) is 3.22. The van der Waals surface area contributed by atoms with E-state index in [1.165, 1.54) is 11.3 Å². The average Bonchev–Trinajstić information content (AvgIpc) is 3.13. The zero-order valence-electron chi connectivity index (χ0n) is 12.9. The maximum absolute atomic E-state index is 12.3. The number of benzene rings is 1. The van der Waals surface area contributed by atoms with Crippen LogP contribution in [0.25, 0.3) is 0 Å². The van der Waals surface area contributed by atoms with Crippen LogP contribution in [0.4, 0.5) is 10.8 Å². The van der Waals surface area contributed by atoms with Crippen molar-refractivity contribution in [2.24, 2.45) is 5.92 Å². The number of rotatable bonds is 4. The number of thiazole rings is 1. The minimum atomic E-state index is -0.377. The first-order valence-corrected chi connectivity index (χ1v) is 8.12. The molecule has 1 aromatic carbocycles. The van der Waals surface area contributed by atoms with Crippen LogP contribution in [0.15, 0.2) is 29.6 Å². The third-order valence-corrected chi connectivity index (χ3v) is 4.59. The molecule has 1 saturated heterocycles. The molecular formula is C16H17N3O3S. The van der Waals surface area contributed by atoms with Crippen LogP contribution in [0.3, 0.4) is 0 Å². The summed E-state index contributed by atoms with van der Waals surface area (Å²) in [5, 5.41) is 5.23. The topological polar surface area (TPSA) is 71.5 Å². The third-order valence-electron chi connectivity index (χ3n) is 3.71. The lowest BCUT2D eigenvalue weighted by Gasteiger charge is -2.17. The summed E-state index contributed by atoms with van der Waals surface area (Å²) in [7, 11) is 1.58. The van der Waals surface area contributed by atoms with Crippen LogP contribution in [0.2, 0.25) is 0 Å². The molecule has 0 unspecified atom stereocenters. The normalized spacial score (nSPS) is 17.4. The SMILES string of the molecule is COc1cccc(N2C[C@H](C(=O)Nc3nc(C)cs3)CC2=O)c1. The maximum atomic E-state index is 12.3. The molecule has 1 N–H and O–H groups in total. The highest BCUT2D eigenvalue weighted by Gasteiger charge is 2.35. The van der Waals surface area contributed by atoms with Gasteiger partial charge in [-0.1, -0.05) is 6.07 Å². The van der Waals surface area contributed by atoms with Gasteiger partial charge in [-0.2, -0.15) is 0 Å². The fourth-order valence-electron chi connectivity index (χ4n) is 2.53. The van der Waals surface area contributed by atoms with Crippen molar-refractivity contribution in [3.63, 3.8) is 0 Å². The van der Waals surface area contributed by atoms with Gasteiger partial charge in [0, 0.05) is 30.1 Å². The molecule has 0 bridgehead atoms. The van der Waals surface area contributed by atoms with Crippen LogP contribution in [-0.2, 0) is 9.59 Å². The van der Waals surface area contributed by atoms with Crippen molar-refractivity contribution in [2.75, 3.05) is 23.9 Å². The molecule has 2 heterocycles. The van der Waals surface area contributed by atoms with Crippen molar-refractivity contribution in [3.05, 3.63) is 35.3 Å². The number of hydrogen-bond acceptors (Lipinski definition) is 5. The molecule has 1 aliphatic rings. The van der Waals surface area contributed by atoms with E-state index in [2.05, 4.69) is 10.3 Å². The predicted molar refractivity (Wildman–Crippen MR) is 88.9 cm³/mol. The number of anilines is 2. The van der Waals surface area contributed by atoms with Gasteiger partial charge in [0.1, 0.15) is 5.75 Å². The smallest absolute Gasteiger partial charge is 0.231 e. The molecule has 0 saturated carbocycles. The van der Waals surface area contributed by atoms with Gasteiger partial charge >= 0.3 is 0 Å². The van der Waals surface area contributed by atoms with Crippen LogP contribution < -0.4 is 15.0 Å². The van der Waals surface area contributed by atoms with Gasteiger partial charge in [-0.05, 0) is 19.1 Å². The van der Waals surface area contributed by atoms with E-state index in [0.29, 0.717) is 17.4 Å². The van der Waals surface area contributed by atoms with Crippen LogP contribution in [-0.4, -0.2) is 30.5 Å². The number of ether oxygens (including phenoxy) is 1. The van der Waals surface area contributed by atoms with E-state index in [1.807, 2.05) is 30.5 Å². The van der Waals surface area contributed by atoms with Crippen LogP contribution in [0, 0.1) is 12.8 Å². The highest BCUT2D eigenvalue weighted by Crippen LogP contribution is 2.28.